The first-order valence-corrected chi connectivity index (χ1v) is 18.9. The van der Waals surface area contributed by atoms with Crippen LogP contribution in [0.4, 0.5) is 15.0 Å². The molecule has 15 heteroatoms. The second-order valence-corrected chi connectivity index (χ2v) is 15.9. The van der Waals surface area contributed by atoms with Crippen LogP contribution < -0.4 is 9.64 Å². The highest BCUT2D eigenvalue weighted by atomic mass is 35.5. The Morgan fingerprint density at radius 1 is 1.04 bits per heavy atom. The van der Waals surface area contributed by atoms with Crippen LogP contribution in [0.2, 0.25) is 5.15 Å². The molecule has 2 bridgehead atoms. The van der Waals surface area contributed by atoms with Crippen LogP contribution in [0.25, 0.3) is 10.9 Å². The van der Waals surface area contributed by atoms with Crippen molar-refractivity contribution in [2.45, 2.75) is 117 Å². The van der Waals surface area contributed by atoms with Crippen molar-refractivity contribution in [3.05, 3.63) is 17.2 Å². The van der Waals surface area contributed by atoms with Crippen molar-refractivity contribution in [1.29, 1.82) is 0 Å². The number of nitrogens with zero attached hydrogens (tertiary/aromatic N) is 7. The van der Waals surface area contributed by atoms with E-state index in [1.807, 2.05) is 30.6 Å². The number of piperazine rings is 1. The summed E-state index contributed by atoms with van der Waals surface area (Å²) in [7, 11) is 2.79. The summed E-state index contributed by atoms with van der Waals surface area (Å²) >= 11 is 5.83. The summed E-state index contributed by atoms with van der Waals surface area (Å²) in [6, 6.07) is 0.263. The minimum absolute atomic E-state index is 0.00952. The molecule has 0 aliphatic carbocycles. The number of aromatic nitrogens is 3. The maximum absolute atomic E-state index is 14.5. The van der Waals surface area contributed by atoms with Gasteiger partial charge in [0.25, 0.3) is 0 Å². The Morgan fingerprint density at radius 3 is 2.25 bits per heavy atom. The summed E-state index contributed by atoms with van der Waals surface area (Å²) in [6.45, 7) is 16.8. The number of carbonyl (C=O) groups excluding carboxylic acids is 3. The van der Waals surface area contributed by atoms with E-state index < -0.39 is 11.4 Å². The largest absolute Gasteiger partial charge is 0.468 e. The standard InChI is InChI=1S/C19H23ClFN5O3.C14H24N2O3.C4H10/c1-19(2,3)29-18(27)26-10-5-6-11(26)9-25(8-10)16-12-7-22-15(20)13(21)14(12)23-17(24-16)28-4;1-19-14(18)11-16-12(6-7-13(16)17)5-4-10-15-8-2-3-9-15;1-4(2)3/h7,10-11H,5-6,8-9H2,1-4H3;12H,2-11H2,1H3;4H,1-3H3. The first kappa shape index (κ1) is 41.2. The smallest absolute Gasteiger partial charge is 0.410 e. The van der Waals surface area contributed by atoms with Gasteiger partial charge in [0.15, 0.2) is 11.0 Å². The van der Waals surface area contributed by atoms with Crippen LogP contribution in [-0.2, 0) is 19.1 Å². The maximum Gasteiger partial charge on any atom is 0.410 e. The van der Waals surface area contributed by atoms with Crippen molar-refractivity contribution < 1.29 is 33.0 Å². The number of anilines is 1. The number of hydrogen-bond acceptors (Lipinski definition) is 11. The zero-order chi connectivity index (χ0) is 38.2. The third-order valence-corrected chi connectivity index (χ3v) is 9.62. The van der Waals surface area contributed by atoms with Crippen LogP contribution >= 0.6 is 11.6 Å². The van der Waals surface area contributed by atoms with E-state index in [0.29, 0.717) is 30.7 Å². The first-order chi connectivity index (χ1) is 24.6. The molecule has 0 saturated carbocycles. The summed E-state index contributed by atoms with van der Waals surface area (Å²) in [5, 5.41) is 0.205. The van der Waals surface area contributed by atoms with Crippen LogP contribution in [-0.4, -0.2) is 125 Å². The molecule has 2 amide bonds. The Kier molecular flexibility index (Phi) is 14.7. The van der Waals surface area contributed by atoms with Crippen LogP contribution in [0, 0.1) is 11.7 Å². The molecule has 6 rings (SSSR count). The van der Waals surface area contributed by atoms with E-state index in [9.17, 15) is 18.8 Å². The molecular weight excluding hydrogens is 693 g/mol. The third-order valence-electron chi connectivity index (χ3n) is 9.36. The molecule has 2 aromatic heterocycles. The third kappa shape index (κ3) is 11.0. The Balaban J connectivity index is 0.000000227. The molecule has 6 heterocycles. The summed E-state index contributed by atoms with van der Waals surface area (Å²) in [4.78, 5) is 56.3. The molecule has 0 N–H and O–H groups in total. The van der Waals surface area contributed by atoms with Gasteiger partial charge in [0.1, 0.15) is 23.5 Å². The lowest BCUT2D eigenvalue weighted by atomic mass is 10.1. The van der Waals surface area contributed by atoms with Gasteiger partial charge in [-0.1, -0.05) is 32.4 Å². The van der Waals surface area contributed by atoms with Gasteiger partial charge in [0.05, 0.1) is 31.7 Å². The predicted molar refractivity (Wildman–Crippen MR) is 198 cm³/mol. The lowest BCUT2D eigenvalue weighted by Crippen LogP contribution is -2.57. The zero-order valence-corrected chi connectivity index (χ0v) is 32.9. The average Bonchev–Trinajstić information content (AvgIpc) is 3.80. The summed E-state index contributed by atoms with van der Waals surface area (Å²) in [6.07, 6.45) is 9.12. The number of hydrogen-bond donors (Lipinski definition) is 0. The van der Waals surface area contributed by atoms with Crippen LogP contribution in [0.15, 0.2) is 6.20 Å². The fourth-order valence-electron chi connectivity index (χ4n) is 7.09. The van der Waals surface area contributed by atoms with Gasteiger partial charge in [0, 0.05) is 31.7 Å². The number of pyridine rings is 1. The summed E-state index contributed by atoms with van der Waals surface area (Å²) in [5.41, 5.74) is -0.486. The number of rotatable bonds is 8. The van der Waals surface area contributed by atoms with E-state index in [-0.39, 0.29) is 59.3 Å². The molecule has 13 nitrogen and oxygen atoms in total. The average molecular weight is 750 g/mol. The zero-order valence-electron chi connectivity index (χ0n) is 32.1. The molecule has 4 aliphatic rings. The maximum atomic E-state index is 14.5. The molecule has 3 atom stereocenters. The monoisotopic (exact) mass is 749 g/mol. The molecule has 4 fully saturated rings. The summed E-state index contributed by atoms with van der Waals surface area (Å²) < 4.78 is 29.9. The number of amides is 2. The number of methoxy groups -OCH3 is 2. The number of likely N-dealkylation sites (tertiary alicyclic amines) is 2. The van der Waals surface area contributed by atoms with Crippen molar-refractivity contribution in [2.75, 3.05) is 58.4 Å². The van der Waals surface area contributed by atoms with Crippen molar-refractivity contribution in [3.63, 3.8) is 0 Å². The number of carbonyl (C=O) groups is 3. The lowest BCUT2D eigenvalue weighted by Gasteiger charge is -2.42. The minimum Gasteiger partial charge on any atom is -0.468 e. The Bertz CT molecular complexity index is 1520. The molecule has 4 saturated heterocycles. The minimum atomic E-state index is -0.707. The van der Waals surface area contributed by atoms with Crippen LogP contribution in [0.3, 0.4) is 0 Å². The highest BCUT2D eigenvalue weighted by Gasteiger charge is 2.45. The molecule has 290 valence electrons. The van der Waals surface area contributed by atoms with Gasteiger partial charge in [-0.2, -0.15) is 9.97 Å². The van der Waals surface area contributed by atoms with Crippen LogP contribution in [0.5, 0.6) is 6.01 Å². The molecule has 2 aromatic rings. The second-order valence-electron chi connectivity index (χ2n) is 15.6. The first-order valence-electron chi connectivity index (χ1n) is 18.5. The number of ether oxygens (including phenoxy) is 3. The van der Waals surface area contributed by atoms with Gasteiger partial charge in [-0.3, -0.25) is 14.5 Å². The van der Waals surface area contributed by atoms with Gasteiger partial charge in [0.2, 0.25) is 5.91 Å². The fraction of sp³-hybridized carbons (Fsp3) is 0.730. The lowest BCUT2D eigenvalue weighted by molar-refractivity contribution is -0.146. The van der Waals surface area contributed by atoms with Gasteiger partial charge >= 0.3 is 18.1 Å². The van der Waals surface area contributed by atoms with E-state index in [2.05, 4.69) is 45.4 Å². The SMILES string of the molecule is CC(C)C.COC(=O)CN1C(=O)CCC1CCCN1CCCC1.COc1nc(N2CC3CCC(C2)N3C(=O)OC(C)(C)C)c2cnc(Cl)c(F)c2n1. The van der Waals surface area contributed by atoms with E-state index in [1.54, 1.807) is 4.90 Å². The summed E-state index contributed by atoms with van der Waals surface area (Å²) in [5.74, 6) is 0.425. The Hall–Kier alpha value is -3.52. The van der Waals surface area contributed by atoms with Gasteiger partial charge in [-0.25, -0.2) is 14.2 Å². The normalized spacial score (nSPS) is 21.6. The van der Waals surface area contributed by atoms with Gasteiger partial charge in [-0.05, 0) is 91.3 Å². The quantitative estimate of drug-likeness (QED) is 0.229. The highest BCUT2D eigenvalue weighted by Crippen LogP contribution is 2.37. The van der Waals surface area contributed by atoms with E-state index in [4.69, 9.17) is 21.1 Å². The molecule has 0 radical (unpaired) electrons. The number of esters is 1. The van der Waals surface area contributed by atoms with Crippen molar-refractivity contribution in [1.82, 2.24) is 29.7 Å². The molecule has 0 spiro atoms. The number of fused-ring (bicyclic) bond motifs is 3. The Labute approximate surface area is 312 Å². The van der Waals surface area contributed by atoms with Crippen molar-refractivity contribution >= 4 is 46.3 Å². The molecule has 3 unspecified atom stereocenters. The van der Waals surface area contributed by atoms with Crippen LogP contribution in [0.1, 0.15) is 92.9 Å². The molecule has 0 aromatic carbocycles. The van der Waals surface area contributed by atoms with Crippen molar-refractivity contribution in [2.24, 2.45) is 5.92 Å². The van der Waals surface area contributed by atoms with E-state index in [0.717, 1.165) is 44.6 Å². The van der Waals surface area contributed by atoms with E-state index >= 15 is 0 Å². The molecular formula is C37H57ClFN7O6. The predicted octanol–water partition coefficient (Wildman–Crippen LogP) is 6.10. The molecule has 4 aliphatic heterocycles. The second kappa shape index (κ2) is 18.5. The molecule has 52 heavy (non-hydrogen) atoms. The van der Waals surface area contributed by atoms with E-state index in [1.165, 1.54) is 46.3 Å². The van der Waals surface area contributed by atoms with Crippen molar-refractivity contribution in [3.8, 4) is 6.01 Å². The fourth-order valence-corrected chi connectivity index (χ4v) is 7.23. The topological polar surface area (TPSA) is 131 Å². The Morgan fingerprint density at radius 2 is 1.67 bits per heavy atom. The van der Waals surface area contributed by atoms with Gasteiger partial charge < -0.3 is 28.9 Å². The number of halogens is 2. The highest BCUT2D eigenvalue weighted by molar-refractivity contribution is 6.30. The van der Waals surface area contributed by atoms with Gasteiger partial charge in [-0.15, -0.1) is 0 Å².